The monoisotopic (exact) mass is 276 g/mol. The van der Waals surface area contributed by atoms with Gasteiger partial charge in [0, 0.05) is 12.1 Å². The number of hydrogen-bond donors (Lipinski definition) is 2. The predicted octanol–water partition coefficient (Wildman–Crippen LogP) is 2.59. The quantitative estimate of drug-likeness (QED) is 0.753. The summed E-state index contributed by atoms with van der Waals surface area (Å²) in [5.41, 5.74) is 2.09. The summed E-state index contributed by atoms with van der Waals surface area (Å²) >= 11 is 0. The first-order valence-corrected chi connectivity index (χ1v) is 7.41. The van der Waals surface area contributed by atoms with Crippen molar-refractivity contribution in [2.45, 2.75) is 33.1 Å². The van der Waals surface area contributed by atoms with E-state index in [9.17, 15) is 4.79 Å². The standard InChI is InChI=1S/C16H24N2O2/c1-12(2)11-17-8-3-9-20-14-5-6-15-13(10-14)4-7-16(19)18-15/h5-6,10,12,17H,3-4,7-9,11H2,1-2H3,(H,18,19). The van der Waals surface area contributed by atoms with Gasteiger partial charge in [0.25, 0.3) is 0 Å². The average molecular weight is 276 g/mol. The van der Waals surface area contributed by atoms with Crippen molar-refractivity contribution in [1.82, 2.24) is 5.32 Å². The molecular weight excluding hydrogens is 252 g/mol. The zero-order valence-electron chi connectivity index (χ0n) is 12.4. The van der Waals surface area contributed by atoms with Gasteiger partial charge in [-0.2, -0.15) is 0 Å². The van der Waals surface area contributed by atoms with Crippen LogP contribution in [-0.2, 0) is 11.2 Å². The van der Waals surface area contributed by atoms with E-state index >= 15 is 0 Å². The first-order chi connectivity index (χ1) is 9.65. The SMILES string of the molecule is CC(C)CNCCCOc1ccc2c(c1)CCC(=O)N2. The maximum absolute atomic E-state index is 11.3. The van der Waals surface area contributed by atoms with Gasteiger partial charge in [0.15, 0.2) is 0 Å². The predicted molar refractivity (Wildman–Crippen MR) is 81.2 cm³/mol. The van der Waals surface area contributed by atoms with Gasteiger partial charge in [-0.1, -0.05) is 13.8 Å². The molecule has 0 bridgehead atoms. The van der Waals surface area contributed by atoms with E-state index in [0.717, 1.165) is 44.0 Å². The molecule has 110 valence electrons. The number of rotatable bonds is 7. The van der Waals surface area contributed by atoms with Crippen molar-refractivity contribution >= 4 is 11.6 Å². The number of aryl methyl sites for hydroxylation is 1. The average Bonchev–Trinajstić information content (AvgIpc) is 2.42. The number of anilines is 1. The lowest BCUT2D eigenvalue weighted by atomic mass is 10.0. The van der Waals surface area contributed by atoms with Crippen molar-refractivity contribution in [2.24, 2.45) is 5.92 Å². The number of amides is 1. The molecule has 0 saturated heterocycles. The van der Waals surface area contributed by atoms with Gasteiger partial charge < -0.3 is 15.4 Å². The van der Waals surface area contributed by atoms with E-state index in [2.05, 4.69) is 24.5 Å². The van der Waals surface area contributed by atoms with Crippen molar-refractivity contribution in [3.63, 3.8) is 0 Å². The Morgan fingerprint density at radius 2 is 2.20 bits per heavy atom. The molecule has 2 N–H and O–H groups in total. The topological polar surface area (TPSA) is 50.4 Å². The molecule has 20 heavy (non-hydrogen) atoms. The molecule has 0 aliphatic carbocycles. The molecule has 0 radical (unpaired) electrons. The molecule has 1 heterocycles. The van der Waals surface area contributed by atoms with Crippen LogP contribution in [0.15, 0.2) is 18.2 Å². The van der Waals surface area contributed by atoms with Gasteiger partial charge in [-0.15, -0.1) is 0 Å². The van der Waals surface area contributed by atoms with Crippen LogP contribution in [0.3, 0.4) is 0 Å². The van der Waals surface area contributed by atoms with E-state index < -0.39 is 0 Å². The fourth-order valence-electron chi connectivity index (χ4n) is 2.23. The third kappa shape index (κ3) is 4.53. The van der Waals surface area contributed by atoms with Crippen molar-refractivity contribution in [3.05, 3.63) is 23.8 Å². The van der Waals surface area contributed by atoms with Crippen LogP contribution < -0.4 is 15.4 Å². The summed E-state index contributed by atoms with van der Waals surface area (Å²) < 4.78 is 5.75. The van der Waals surface area contributed by atoms with Gasteiger partial charge in [0.1, 0.15) is 5.75 Å². The Bertz CT molecular complexity index is 458. The van der Waals surface area contributed by atoms with Crippen LogP contribution in [0.25, 0.3) is 0 Å². The fourth-order valence-corrected chi connectivity index (χ4v) is 2.23. The van der Waals surface area contributed by atoms with Gasteiger partial charge in [0.2, 0.25) is 5.91 Å². The van der Waals surface area contributed by atoms with Crippen LogP contribution in [0.5, 0.6) is 5.75 Å². The molecule has 0 unspecified atom stereocenters. The lowest BCUT2D eigenvalue weighted by Gasteiger charge is -2.17. The molecule has 1 aliphatic heterocycles. The maximum atomic E-state index is 11.3. The summed E-state index contributed by atoms with van der Waals surface area (Å²) in [6.45, 7) is 7.17. The van der Waals surface area contributed by atoms with E-state index in [1.54, 1.807) is 0 Å². The second-order valence-electron chi connectivity index (χ2n) is 5.67. The van der Waals surface area contributed by atoms with E-state index in [1.807, 2.05) is 18.2 Å². The van der Waals surface area contributed by atoms with Gasteiger partial charge in [0.05, 0.1) is 6.61 Å². The Morgan fingerprint density at radius 3 is 3.00 bits per heavy atom. The summed E-state index contributed by atoms with van der Waals surface area (Å²) in [6.07, 6.45) is 2.37. The summed E-state index contributed by atoms with van der Waals surface area (Å²) in [4.78, 5) is 11.3. The molecule has 0 aromatic heterocycles. The number of benzene rings is 1. The largest absolute Gasteiger partial charge is 0.494 e. The lowest BCUT2D eigenvalue weighted by molar-refractivity contribution is -0.116. The van der Waals surface area contributed by atoms with E-state index in [4.69, 9.17) is 4.74 Å². The van der Waals surface area contributed by atoms with Gasteiger partial charge in [-0.05, 0) is 55.6 Å². The molecule has 2 rings (SSSR count). The normalized spacial score (nSPS) is 14.1. The molecule has 4 nitrogen and oxygen atoms in total. The molecule has 0 spiro atoms. The molecule has 0 saturated carbocycles. The number of fused-ring (bicyclic) bond motifs is 1. The van der Waals surface area contributed by atoms with Crippen LogP contribution in [0.4, 0.5) is 5.69 Å². The summed E-state index contributed by atoms with van der Waals surface area (Å²) in [5.74, 6) is 1.68. The maximum Gasteiger partial charge on any atom is 0.224 e. The summed E-state index contributed by atoms with van der Waals surface area (Å²) in [7, 11) is 0. The van der Waals surface area contributed by atoms with E-state index in [0.29, 0.717) is 12.3 Å². The number of carbonyl (C=O) groups excluding carboxylic acids is 1. The molecule has 1 aromatic carbocycles. The molecule has 1 aliphatic rings. The van der Waals surface area contributed by atoms with Crippen LogP contribution in [0, 0.1) is 5.92 Å². The van der Waals surface area contributed by atoms with Crippen LogP contribution >= 0.6 is 0 Å². The fraction of sp³-hybridized carbons (Fsp3) is 0.562. The van der Waals surface area contributed by atoms with E-state index in [1.165, 1.54) is 5.56 Å². The molecule has 1 aromatic rings. The minimum atomic E-state index is 0.0994. The Balaban J connectivity index is 1.73. The number of carbonyl (C=O) groups is 1. The first-order valence-electron chi connectivity index (χ1n) is 7.41. The Labute approximate surface area is 120 Å². The second kappa shape index (κ2) is 7.29. The highest BCUT2D eigenvalue weighted by Crippen LogP contribution is 2.26. The first kappa shape index (κ1) is 14.9. The Morgan fingerprint density at radius 1 is 1.35 bits per heavy atom. The molecular formula is C16H24N2O2. The van der Waals surface area contributed by atoms with Crippen molar-refractivity contribution < 1.29 is 9.53 Å². The molecule has 1 amide bonds. The van der Waals surface area contributed by atoms with Gasteiger partial charge in [-0.3, -0.25) is 4.79 Å². The zero-order chi connectivity index (χ0) is 14.4. The van der Waals surface area contributed by atoms with Crippen molar-refractivity contribution in [1.29, 1.82) is 0 Å². The van der Waals surface area contributed by atoms with Gasteiger partial charge >= 0.3 is 0 Å². The third-order valence-electron chi connectivity index (χ3n) is 3.29. The highest BCUT2D eigenvalue weighted by Gasteiger charge is 2.14. The minimum Gasteiger partial charge on any atom is -0.494 e. The molecule has 4 heteroatoms. The molecule has 0 atom stereocenters. The van der Waals surface area contributed by atoms with Crippen LogP contribution in [-0.4, -0.2) is 25.6 Å². The number of hydrogen-bond acceptors (Lipinski definition) is 3. The molecule has 0 fully saturated rings. The second-order valence-corrected chi connectivity index (χ2v) is 5.67. The van der Waals surface area contributed by atoms with Crippen LogP contribution in [0.2, 0.25) is 0 Å². The summed E-state index contributed by atoms with van der Waals surface area (Å²) in [6, 6.07) is 5.89. The summed E-state index contributed by atoms with van der Waals surface area (Å²) in [5, 5.41) is 6.28. The third-order valence-corrected chi connectivity index (χ3v) is 3.29. The highest BCUT2D eigenvalue weighted by molar-refractivity contribution is 5.93. The Kier molecular flexibility index (Phi) is 5.41. The van der Waals surface area contributed by atoms with E-state index in [-0.39, 0.29) is 5.91 Å². The van der Waals surface area contributed by atoms with Crippen LogP contribution in [0.1, 0.15) is 32.3 Å². The minimum absolute atomic E-state index is 0.0994. The Hall–Kier alpha value is -1.55. The van der Waals surface area contributed by atoms with Gasteiger partial charge in [-0.25, -0.2) is 0 Å². The lowest BCUT2D eigenvalue weighted by Crippen LogP contribution is -2.22. The zero-order valence-corrected chi connectivity index (χ0v) is 12.4. The van der Waals surface area contributed by atoms with Crippen molar-refractivity contribution in [3.8, 4) is 5.75 Å². The smallest absolute Gasteiger partial charge is 0.224 e. The number of ether oxygens (including phenoxy) is 1. The highest BCUT2D eigenvalue weighted by atomic mass is 16.5. The number of nitrogens with one attached hydrogen (secondary N) is 2. The van der Waals surface area contributed by atoms with Crippen molar-refractivity contribution in [2.75, 3.05) is 25.0 Å².